The van der Waals surface area contributed by atoms with E-state index < -0.39 is 11.7 Å². The molecule has 2 amide bonds. The van der Waals surface area contributed by atoms with Gasteiger partial charge >= 0.3 is 6.18 Å². The molecule has 0 bridgehead atoms. The number of fused-ring (bicyclic) bond motifs is 1. The molecule has 2 atom stereocenters. The fourth-order valence-electron chi connectivity index (χ4n) is 5.52. The van der Waals surface area contributed by atoms with E-state index >= 15 is 0 Å². The highest BCUT2D eigenvalue weighted by atomic mass is 32.2. The third kappa shape index (κ3) is 6.26. The molecule has 2 aromatic carbocycles. The van der Waals surface area contributed by atoms with Crippen LogP contribution in [0.5, 0.6) is 0 Å². The molecule has 3 aliphatic rings. The maximum absolute atomic E-state index is 13.6. The summed E-state index contributed by atoms with van der Waals surface area (Å²) in [6, 6.07) is 15.1. The number of piperazine rings is 1. The van der Waals surface area contributed by atoms with Gasteiger partial charge in [-0.05, 0) is 42.2 Å². The molecule has 2 heterocycles. The van der Waals surface area contributed by atoms with Gasteiger partial charge in [-0.25, -0.2) is 0 Å². The Hall–Kier alpha value is -2.78. The fraction of sp³-hybridized carbons (Fsp3) is 0.448. The number of amides is 2. The predicted molar refractivity (Wildman–Crippen MR) is 143 cm³/mol. The largest absolute Gasteiger partial charge is 0.416 e. The van der Waals surface area contributed by atoms with Crippen molar-refractivity contribution in [2.75, 3.05) is 32.7 Å². The first-order chi connectivity index (χ1) is 18.3. The fourth-order valence-corrected chi connectivity index (χ4v) is 7.00. The number of benzene rings is 2. The molecule has 3 fully saturated rings. The van der Waals surface area contributed by atoms with Crippen LogP contribution >= 0.6 is 11.8 Å². The zero-order chi connectivity index (χ0) is 26.7. The van der Waals surface area contributed by atoms with E-state index in [1.165, 1.54) is 29.5 Å². The number of halogens is 3. The number of rotatable bonds is 5. The van der Waals surface area contributed by atoms with Crippen molar-refractivity contribution in [2.45, 2.75) is 49.7 Å². The van der Waals surface area contributed by atoms with E-state index in [4.69, 9.17) is 0 Å². The summed E-state index contributed by atoms with van der Waals surface area (Å²) in [6.07, 6.45) is 1.18. The number of nitrogens with zero attached hydrogens (tertiary/aromatic N) is 3. The highest BCUT2D eigenvalue weighted by molar-refractivity contribution is 8.04. The highest BCUT2D eigenvalue weighted by Gasteiger charge is 2.42. The van der Waals surface area contributed by atoms with Crippen LogP contribution in [0.3, 0.4) is 0 Å². The van der Waals surface area contributed by atoms with Crippen molar-refractivity contribution in [1.29, 1.82) is 0 Å². The Morgan fingerprint density at radius 3 is 2.32 bits per heavy atom. The minimum absolute atomic E-state index is 0.00863. The van der Waals surface area contributed by atoms with Gasteiger partial charge in [-0.15, -0.1) is 11.8 Å². The van der Waals surface area contributed by atoms with E-state index in [0.29, 0.717) is 23.6 Å². The lowest BCUT2D eigenvalue weighted by molar-refractivity contribution is -0.141. The Morgan fingerprint density at radius 2 is 1.63 bits per heavy atom. The SMILES string of the molecule is O=C(CN1C(=O)/C(=C/c2ccc(C(F)(F)F)cc2)SC2CCCCC21)N1CCN(Cc2ccccc2)CC1. The molecule has 2 saturated heterocycles. The van der Waals surface area contributed by atoms with E-state index in [2.05, 4.69) is 17.0 Å². The van der Waals surface area contributed by atoms with Crippen molar-refractivity contribution < 1.29 is 22.8 Å². The average Bonchev–Trinajstić information content (AvgIpc) is 2.92. The van der Waals surface area contributed by atoms with Gasteiger partial charge in [0.05, 0.1) is 10.5 Å². The molecular weight excluding hydrogens is 511 g/mol. The van der Waals surface area contributed by atoms with E-state index in [1.54, 1.807) is 11.0 Å². The lowest BCUT2D eigenvalue weighted by Crippen LogP contribution is -2.56. The van der Waals surface area contributed by atoms with Crippen LogP contribution in [-0.2, 0) is 22.3 Å². The highest BCUT2D eigenvalue weighted by Crippen LogP contribution is 2.42. The smallest absolute Gasteiger partial charge is 0.339 e. The maximum atomic E-state index is 13.6. The number of hydrogen-bond acceptors (Lipinski definition) is 4. The standard InChI is InChI=1S/C29H32F3N3O2S/c30-29(31,32)23-12-10-21(11-13-23)18-26-28(37)35(24-8-4-5-9-25(24)38-26)20-27(36)34-16-14-33(15-17-34)19-22-6-2-1-3-7-22/h1-3,6-7,10-13,18,24-25H,4-5,8-9,14-17,19-20H2/b26-18-. The predicted octanol–water partition coefficient (Wildman–Crippen LogP) is 5.28. The van der Waals surface area contributed by atoms with Gasteiger partial charge in [-0.1, -0.05) is 55.3 Å². The molecule has 2 aliphatic heterocycles. The lowest BCUT2D eigenvalue weighted by atomic mass is 9.93. The van der Waals surface area contributed by atoms with E-state index in [0.717, 1.165) is 57.5 Å². The number of carbonyl (C=O) groups is 2. The van der Waals surface area contributed by atoms with Crippen molar-refractivity contribution in [3.8, 4) is 0 Å². The first kappa shape index (κ1) is 26.8. The van der Waals surface area contributed by atoms with E-state index in [1.807, 2.05) is 23.1 Å². The summed E-state index contributed by atoms with van der Waals surface area (Å²) in [7, 11) is 0. The Kier molecular flexibility index (Phi) is 8.14. The van der Waals surface area contributed by atoms with Crippen LogP contribution in [0, 0.1) is 0 Å². The quantitative estimate of drug-likeness (QED) is 0.482. The summed E-state index contributed by atoms with van der Waals surface area (Å²) < 4.78 is 38.9. The van der Waals surface area contributed by atoms with Gasteiger partial charge in [0.2, 0.25) is 5.91 Å². The average molecular weight is 544 g/mol. The summed E-state index contributed by atoms with van der Waals surface area (Å²) in [4.78, 5) is 33.3. The van der Waals surface area contributed by atoms with Gasteiger partial charge in [0.1, 0.15) is 6.54 Å². The molecule has 202 valence electrons. The van der Waals surface area contributed by atoms with Crippen molar-refractivity contribution in [3.05, 3.63) is 76.2 Å². The number of carbonyl (C=O) groups excluding carboxylic acids is 2. The lowest BCUT2D eigenvalue weighted by Gasteiger charge is -2.44. The molecule has 0 aromatic heterocycles. The second-order valence-electron chi connectivity index (χ2n) is 10.2. The Labute approximate surface area is 225 Å². The molecule has 5 nitrogen and oxygen atoms in total. The van der Waals surface area contributed by atoms with Crippen LogP contribution < -0.4 is 0 Å². The van der Waals surface area contributed by atoms with Gasteiger partial charge in [0.15, 0.2) is 0 Å². The number of alkyl halides is 3. The second kappa shape index (κ2) is 11.5. The van der Waals surface area contributed by atoms with Crippen LogP contribution in [0.15, 0.2) is 59.5 Å². The summed E-state index contributed by atoms with van der Waals surface area (Å²) in [6.45, 7) is 3.73. The van der Waals surface area contributed by atoms with Crippen molar-refractivity contribution in [1.82, 2.24) is 14.7 Å². The Balaban J connectivity index is 1.25. The Morgan fingerprint density at radius 1 is 0.947 bits per heavy atom. The van der Waals surface area contributed by atoms with Crippen molar-refractivity contribution >= 4 is 29.7 Å². The normalized spacial score (nSPS) is 24.0. The van der Waals surface area contributed by atoms with Crippen LogP contribution in [0.2, 0.25) is 0 Å². The van der Waals surface area contributed by atoms with Crippen molar-refractivity contribution in [3.63, 3.8) is 0 Å². The molecule has 1 aliphatic carbocycles. The third-order valence-electron chi connectivity index (χ3n) is 7.63. The molecule has 5 rings (SSSR count). The van der Waals surface area contributed by atoms with Crippen LogP contribution in [-0.4, -0.2) is 70.5 Å². The third-order valence-corrected chi connectivity index (χ3v) is 9.03. The van der Waals surface area contributed by atoms with Gasteiger partial charge < -0.3 is 9.80 Å². The van der Waals surface area contributed by atoms with Crippen LogP contribution in [0.25, 0.3) is 6.08 Å². The zero-order valence-corrected chi connectivity index (χ0v) is 22.0. The van der Waals surface area contributed by atoms with Gasteiger partial charge in [-0.2, -0.15) is 13.2 Å². The summed E-state index contributed by atoms with van der Waals surface area (Å²) in [5.74, 6) is -0.239. The zero-order valence-electron chi connectivity index (χ0n) is 21.2. The monoisotopic (exact) mass is 543 g/mol. The maximum Gasteiger partial charge on any atom is 0.416 e. The van der Waals surface area contributed by atoms with Gasteiger partial charge in [0, 0.05) is 44.0 Å². The minimum Gasteiger partial charge on any atom is -0.339 e. The van der Waals surface area contributed by atoms with Gasteiger partial charge in [0.25, 0.3) is 5.91 Å². The molecule has 2 aromatic rings. The molecule has 38 heavy (non-hydrogen) atoms. The summed E-state index contributed by atoms with van der Waals surface area (Å²) in [5, 5.41) is 0.192. The number of hydrogen-bond donors (Lipinski definition) is 0. The van der Waals surface area contributed by atoms with E-state index in [-0.39, 0.29) is 29.7 Å². The van der Waals surface area contributed by atoms with Crippen molar-refractivity contribution in [2.24, 2.45) is 0 Å². The molecule has 2 unspecified atom stereocenters. The first-order valence-electron chi connectivity index (χ1n) is 13.2. The molecule has 0 radical (unpaired) electrons. The topological polar surface area (TPSA) is 43.9 Å². The first-order valence-corrected chi connectivity index (χ1v) is 14.1. The Bertz CT molecular complexity index is 1160. The summed E-state index contributed by atoms with van der Waals surface area (Å²) in [5.41, 5.74) is 1.08. The summed E-state index contributed by atoms with van der Waals surface area (Å²) >= 11 is 1.51. The molecule has 0 N–H and O–H groups in total. The second-order valence-corrected chi connectivity index (χ2v) is 11.5. The molecule has 1 saturated carbocycles. The molecular formula is C29H32F3N3O2S. The van der Waals surface area contributed by atoms with Crippen LogP contribution in [0.1, 0.15) is 42.4 Å². The minimum atomic E-state index is -4.40. The van der Waals surface area contributed by atoms with Crippen LogP contribution in [0.4, 0.5) is 13.2 Å². The molecule has 9 heteroatoms. The molecule has 0 spiro atoms. The number of thioether (sulfide) groups is 1. The van der Waals surface area contributed by atoms with Gasteiger partial charge in [-0.3, -0.25) is 14.5 Å². The van der Waals surface area contributed by atoms with E-state index in [9.17, 15) is 22.8 Å².